The summed E-state index contributed by atoms with van der Waals surface area (Å²) in [5, 5.41) is 6.66. The first-order valence-corrected chi connectivity index (χ1v) is 9.67. The molecular formula is C18H20Cl2F3N5O. The van der Waals surface area contributed by atoms with Crippen LogP contribution in [0.4, 0.5) is 24.5 Å². The minimum atomic E-state index is -4.66. The van der Waals surface area contributed by atoms with Crippen LogP contribution in [0, 0.1) is 6.92 Å². The molecule has 0 bridgehead atoms. The lowest BCUT2D eigenvalue weighted by Gasteiger charge is -2.36. The molecule has 0 spiro atoms. The molecule has 1 amide bonds. The van der Waals surface area contributed by atoms with E-state index in [-0.39, 0.29) is 18.1 Å². The lowest BCUT2D eigenvalue weighted by molar-refractivity contribution is -0.142. The number of carbonyl (C=O) groups is 1. The molecule has 2 aromatic rings. The average Bonchev–Trinajstić information content (AvgIpc) is 2.97. The molecule has 1 aliphatic heterocycles. The van der Waals surface area contributed by atoms with Crippen LogP contribution in [0.3, 0.4) is 0 Å². The van der Waals surface area contributed by atoms with Crippen LogP contribution >= 0.6 is 23.2 Å². The topological polar surface area (TPSA) is 53.4 Å². The van der Waals surface area contributed by atoms with Crippen molar-refractivity contribution in [1.29, 1.82) is 0 Å². The van der Waals surface area contributed by atoms with Gasteiger partial charge in [0.15, 0.2) is 5.69 Å². The van der Waals surface area contributed by atoms with E-state index >= 15 is 0 Å². The van der Waals surface area contributed by atoms with Crippen LogP contribution < -0.4 is 10.2 Å². The molecule has 6 nitrogen and oxygen atoms in total. The van der Waals surface area contributed by atoms with Gasteiger partial charge >= 0.3 is 6.18 Å². The Labute approximate surface area is 176 Å². The predicted octanol–water partition coefficient (Wildman–Crippen LogP) is 3.91. The van der Waals surface area contributed by atoms with Gasteiger partial charge in [0.1, 0.15) is 6.54 Å². The Morgan fingerprint density at radius 2 is 1.86 bits per heavy atom. The molecule has 0 saturated carbocycles. The zero-order valence-electron chi connectivity index (χ0n) is 15.9. The van der Waals surface area contributed by atoms with Crippen LogP contribution in [0.25, 0.3) is 0 Å². The Morgan fingerprint density at radius 3 is 2.41 bits per heavy atom. The number of nitrogens with one attached hydrogen (secondary N) is 1. The Hall–Kier alpha value is -2.13. The molecule has 3 rings (SSSR count). The molecule has 1 N–H and O–H groups in total. The maximum absolute atomic E-state index is 12.9. The maximum Gasteiger partial charge on any atom is 0.436 e. The van der Waals surface area contributed by atoms with Crippen molar-refractivity contribution < 1.29 is 18.0 Å². The fraction of sp³-hybridized carbons (Fsp3) is 0.444. The summed E-state index contributed by atoms with van der Waals surface area (Å²) in [5.74, 6) is -0.298. The molecule has 11 heteroatoms. The second-order valence-electron chi connectivity index (χ2n) is 6.69. The van der Waals surface area contributed by atoms with Crippen molar-refractivity contribution in [3.63, 3.8) is 0 Å². The second-order valence-corrected chi connectivity index (χ2v) is 7.47. The SMILES string of the molecule is CNc1cc(N2CCN(C(=O)Cn3nc(C(F)(F)F)c(Cl)c3C)CC2)ccc1Cl. The number of carbonyl (C=O) groups excluding carboxylic acids is 1. The number of piperazine rings is 1. The average molecular weight is 450 g/mol. The third-order valence-electron chi connectivity index (χ3n) is 4.90. The highest BCUT2D eigenvalue weighted by Gasteiger charge is 2.38. The molecule has 0 aliphatic carbocycles. The fourth-order valence-electron chi connectivity index (χ4n) is 3.20. The fourth-order valence-corrected chi connectivity index (χ4v) is 3.66. The monoisotopic (exact) mass is 449 g/mol. The number of nitrogens with zero attached hydrogens (tertiary/aromatic N) is 4. The van der Waals surface area contributed by atoms with E-state index in [9.17, 15) is 18.0 Å². The van der Waals surface area contributed by atoms with Crippen LogP contribution in [-0.4, -0.2) is 53.8 Å². The Bertz CT molecular complexity index is 908. The first kappa shape index (κ1) is 21.6. The van der Waals surface area contributed by atoms with Gasteiger partial charge in [0.25, 0.3) is 0 Å². The van der Waals surface area contributed by atoms with Crippen molar-refractivity contribution in [1.82, 2.24) is 14.7 Å². The Morgan fingerprint density at radius 1 is 1.21 bits per heavy atom. The van der Waals surface area contributed by atoms with Gasteiger partial charge in [0.2, 0.25) is 5.91 Å². The zero-order valence-corrected chi connectivity index (χ0v) is 17.4. The Kier molecular flexibility index (Phi) is 6.19. The van der Waals surface area contributed by atoms with Crippen molar-refractivity contribution in [2.24, 2.45) is 0 Å². The number of amides is 1. The lowest BCUT2D eigenvalue weighted by Crippen LogP contribution is -2.49. The van der Waals surface area contributed by atoms with E-state index in [0.29, 0.717) is 31.2 Å². The smallest absolute Gasteiger partial charge is 0.387 e. The van der Waals surface area contributed by atoms with Crippen LogP contribution in [0.5, 0.6) is 0 Å². The van der Waals surface area contributed by atoms with Gasteiger partial charge < -0.3 is 15.1 Å². The van der Waals surface area contributed by atoms with Crippen molar-refractivity contribution >= 4 is 40.5 Å². The number of alkyl halides is 3. The zero-order chi connectivity index (χ0) is 21.3. The largest absolute Gasteiger partial charge is 0.436 e. The highest BCUT2D eigenvalue weighted by Crippen LogP contribution is 2.35. The van der Waals surface area contributed by atoms with E-state index in [1.165, 1.54) is 6.92 Å². The first-order valence-electron chi connectivity index (χ1n) is 8.92. The molecule has 158 valence electrons. The number of halogens is 5. The summed E-state index contributed by atoms with van der Waals surface area (Å²) in [6.07, 6.45) is -4.66. The number of hydrogen-bond donors (Lipinski definition) is 1. The standard InChI is InChI=1S/C18H20Cl2F3N5O/c1-11-16(20)17(18(21,22)23)25-28(11)10-15(29)27-7-5-26(6-8-27)12-3-4-13(19)14(9-12)24-2/h3-4,9,24H,5-8,10H2,1-2H3. The highest BCUT2D eigenvalue weighted by atomic mass is 35.5. The van der Waals surface area contributed by atoms with Gasteiger partial charge in [0.05, 0.1) is 21.4 Å². The molecule has 0 unspecified atom stereocenters. The highest BCUT2D eigenvalue weighted by molar-refractivity contribution is 6.33. The summed E-state index contributed by atoms with van der Waals surface area (Å²) in [6, 6.07) is 5.66. The van der Waals surface area contributed by atoms with E-state index in [2.05, 4.69) is 15.3 Å². The number of anilines is 2. The molecule has 29 heavy (non-hydrogen) atoms. The summed E-state index contributed by atoms with van der Waals surface area (Å²) < 4.78 is 39.8. The molecular weight excluding hydrogens is 430 g/mol. The van der Waals surface area contributed by atoms with Crippen molar-refractivity contribution in [2.45, 2.75) is 19.6 Å². The molecule has 1 saturated heterocycles. The number of benzene rings is 1. The molecule has 1 aromatic heterocycles. The number of aromatic nitrogens is 2. The van der Waals surface area contributed by atoms with E-state index in [4.69, 9.17) is 23.2 Å². The summed E-state index contributed by atoms with van der Waals surface area (Å²) in [5.41, 5.74) is 0.744. The van der Waals surface area contributed by atoms with Gasteiger partial charge in [-0.05, 0) is 25.1 Å². The molecule has 2 heterocycles. The van der Waals surface area contributed by atoms with Crippen molar-refractivity contribution in [3.05, 3.63) is 39.6 Å². The molecule has 1 aromatic carbocycles. The maximum atomic E-state index is 12.9. The summed E-state index contributed by atoms with van der Waals surface area (Å²) in [4.78, 5) is 16.3. The van der Waals surface area contributed by atoms with Gasteiger partial charge in [-0.3, -0.25) is 9.48 Å². The van der Waals surface area contributed by atoms with E-state index < -0.39 is 16.9 Å². The van der Waals surface area contributed by atoms with Gasteiger partial charge in [-0.2, -0.15) is 18.3 Å². The summed E-state index contributed by atoms with van der Waals surface area (Å²) in [6.45, 7) is 3.24. The van der Waals surface area contributed by atoms with Crippen molar-refractivity contribution in [3.8, 4) is 0 Å². The molecule has 1 aliphatic rings. The lowest BCUT2D eigenvalue weighted by atomic mass is 10.2. The normalized spacial score (nSPS) is 15.0. The quantitative estimate of drug-likeness (QED) is 0.768. The van der Waals surface area contributed by atoms with Gasteiger partial charge in [-0.25, -0.2) is 0 Å². The number of hydrogen-bond acceptors (Lipinski definition) is 4. The van der Waals surface area contributed by atoms with Crippen LogP contribution in [0.2, 0.25) is 10.0 Å². The van der Waals surface area contributed by atoms with E-state index in [0.717, 1.165) is 16.1 Å². The number of rotatable bonds is 4. The van der Waals surface area contributed by atoms with Gasteiger partial charge in [0, 0.05) is 38.9 Å². The van der Waals surface area contributed by atoms with Crippen molar-refractivity contribution in [2.75, 3.05) is 43.4 Å². The summed E-state index contributed by atoms with van der Waals surface area (Å²) >= 11 is 11.8. The van der Waals surface area contributed by atoms with Crippen LogP contribution in [0.1, 0.15) is 11.4 Å². The molecule has 0 atom stereocenters. The third-order valence-corrected chi connectivity index (χ3v) is 5.69. The van der Waals surface area contributed by atoms with Crippen LogP contribution in [-0.2, 0) is 17.5 Å². The van der Waals surface area contributed by atoms with E-state index in [1.807, 2.05) is 18.2 Å². The first-order chi connectivity index (χ1) is 13.6. The second kappa shape index (κ2) is 8.31. The van der Waals surface area contributed by atoms with Crippen LogP contribution in [0.15, 0.2) is 18.2 Å². The Balaban J connectivity index is 1.64. The predicted molar refractivity (Wildman–Crippen MR) is 107 cm³/mol. The van der Waals surface area contributed by atoms with Gasteiger partial charge in [-0.1, -0.05) is 23.2 Å². The third kappa shape index (κ3) is 4.56. The minimum absolute atomic E-state index is 0.117. The molecule has 0 radical (unpaired) electrons. The van der Waals surface area contributed by atoms with Gasteiger partial charge in [-0.15, -0.1) is 0 Å². The minimum Gasteiger partial charge on any atom is -0.387 e. The van der Waals surface area contributed by atoms with E-state index in [1.54, 1.807) is 11.9 Å². The molecule has 1 fully saturated rings. The summed E-state index contributed by atoms with van der Waals surface area (Å²) in [7, 11) is 1.79.